The summed E-state index contributed by atoms with van der Waals surface area (Å²) in [5.74, 6) is 0. The van der Waals surface area contributed by atoms with E-state index in [1.807, 2.05) is 0 Å². The lowest BCUT2D eigenvalue weighted by atomic mass is 11.3. The molecule has 0 amide bonds. The molecule has 0 aromatic rings. The first-order valence-corrected chi connectivity index (χ1v) is 3.69. The Morgan fingerprint density at radius 2 is 2.33 bits per heavy atom. The fraction of sp³-hybridized carbons (Fsp3) is 1.00. The second-order valence-corrected chi connectivity index (χ2v) is 2.71. The van der Waals surface area contributed by atoms with E-state index in [0.29, 0.717) is 6.29 Å². The molecule has 0 aromatic carbocycles. The van der Waals surface area contributed by atoms with Crippen molar-refractivity contribution in [3.8, 4) is 0 Å². The third-order valence-corrected chi connectivity index (χ3v) is 1.14. The Bertz CT molecular complexity index is 54.8. The maximum atomic E-state index is 10.1. The highest BCUT2D eigenvalue weighted by atomic mass is 31.1. The van der Waals surface area contributed by atoms with E-state index < -0.39 is 7.80 Å². The molecule has 0 aliphatic carbocycles. The van der Waals surface area contributed by atoms with E-state index in [-0.39, 0.29) is 0 Å². The Morgan fingerprint density at radius 3 is 2.33 bits per heavy atom. The molecular formula is C3H9NOP+. The largest absolute Gasteiger partial charge is 0.350 e. The minimum atomic E-state index is -0.962. The van der Waals surface area contributed by atoms with E-state index in [2.05, 4.69) is 5.32 Å². The summed E-state index contributed by atoms with van der Waals surface area (Å²) in [6.45, 7) is 1.70. The van der Waals surface area contributed by atoms with Crippen molar-refractivity contribution in [1.29, 1.82) is 0 Å². The van der Waals surface area contributed by atoms with Crippen molar-refractivity contribution in [3.63, 3.8) is 0 Å². The minimum absolute atomic E-state index is 0.634. The number of nitrogens with one attached hydrogen (secondary N) is 1. The molecule has 0 fully saturated rings. The first-order chi connectivity index (χ1) is 2.77. The van der Waals surface area contributed by atoms with Gasteiger partial charge in [0, 0.05) is 0 Å². The van der Waals surface area contributed by atoms with Crippen molar-refractivity contribution >= 4 is 7.80 Å². The SMILES string of the molecule is CNC[P+](C)=O. The molecule has 0 saturated heterocycles. The van der Waals surface area contributed by atoms with Crippen molar-refractivity contribution in [2.24, 2.45) is 0 Å². The number of rotatable bonds is 2. The summed E-state index contributed by atoms with van der Waals surface area (Å²) in [7, 11) is 0.827. The van der Waals surface area contributed by atoms with Crippen LogP contribution in [-0.2, 0) is 4.57 Å². The van der Waals surface area contributed by atoms with Crippen molar-refractivity contribution in [1.82, 2.24) is 5.32 Å². The predicted octanol–water partition coefficient (Wildman–Crippen LogP) is 0.620. The van der Waals surface area contributed by atoms with Gasteiger partial charge in [0.05, 0.1) is 0 Å². The molecule has 36 valence electrons. The molecule has 1 N–H and O–H groups in total. The Kier molecular flexibility index (Phi) is 3.29. The minimum Gasteiger partial charge on any atom is -0.279 e. The van der Waals surface area contributed by atoms with Gasteiger partial charge in [-0.3, -0.25) is 5.32 Å². The first-order valence-electron chi connectivity index (χ1n) is 1.80. The van der Waals surface area contributed by atoms with Gasteiger partial charge in [-0.05, 0) is 7.05 Å². The van der Waals surface area contributed by atoms with Gasteiger partial charge in [-0.1, -0.05) is 4.57 Å². The van der Waals surface area contributed by atoms with E-state index in [1.165, 1.54) is 0 Å². The van der Waals surface area contributed by atoms with E-state index >= 15 is 0 Å². The average Bonchev–Trinajstić information content (AvgIpc) is 1.35. The Balaban J connectivity index is 2.83. The standard InChI is InChI=1S/C3H9NOP/c1-4-3-6(2)5/h4H,3H2,1-2H3/q+1. The molecule has 0 aliphatic heterocycles. The topological polar surface area (TPSA) is 29.1 Å². The quantitative estimate of drug-likeness (QED) is 0.523. The van der Waals surface area contributed by atoms with Crippen LogP contribution in [0.3, 0.4) is 0 Å². The van der Waals surface area contributed by atoms with Gasteiger partial charge >= 0.3 is 7.80 Å². The molecule has 0 spiro atoms. The van der Waals surface area contributed by atoms with Crippen LogP contribution in [0.2, 0.25) is 0 Å². The van der Waals surface area contributed by atoms with E-state index in [9.17, 15) is 4.57 Å². The molecule has 0 saturated carbocycles. The fourth-order valence-corrected chi connectivity index (χ4v) is 0.668. The Labute approximate surface area is 38.7 Å². The smallest absolute Gasteiger partial charge is 0.279 e. The van der Waals surface area contributed by atoms with Gasteiger partial charge in [0.2, 0.25) is 0 Å². The van der Waals surface area contributed by atoms with Crippen LogP contribution in [0, 0.1) is 0 Å². The van der Waals surface area contributed by atoms with Gasteiger partial charge < -0.3 is 0 Å². The summed E-state index contributed by atoms with van der Waals surface area (Å²) < 4.78 is 10.1. The highest BCUT2D eigenvalue weighted by Gasteiger charge is 1.97. The van der Waals surface area contributed by atoms with Crippen LogP contribution >= 0.6 is 7.80 Å². The van der Waals surface area contributed by atoms with Crippen LogP contribution in [0.1, 0.15) is 0 Å². The van der Waals surface area contributed by atoms with Gasteiger partial charge in [-0.15, -0.1) is 0 Å². The van der Waals surface area contributed by atoms with Crippen LogP contribution in [-0.4, -0.2) is 20.0 Å². The lowest BCUT2D eigenvalue weighted by molar-refractivity contribution is 0.588. The summed E-state index contributed by atoms with van der Waals surface area (Å²) in [5, 5.41) is 2.78. The third-order valence-electron chi connectivity index (χ3n) is 0.381. The monoisotopic (exact) mass is 106 g/mol. The normalized spacial score (nSPS) is 11.3. The zero-order chi connectivity index (χ0) is 4.99. The number of hydrogen-bond acceptors (Lipinski definition) is 2. The van der Waals surface area contributed by atoms with E-state index in [1.54, 1.807) is 13.7 Å². The van der Waals surface area contributed by atoms with Crippen molar-refractivity contribution in [3.05, 3.63) is 0 Å². The highest BCUT2D eigenvalue weighted by Crippen LogP contribution is 2.07. The van der Waals surface area contributed by atoms with Crippen molar-refractivity contribution in [2.45, 2.75) is 0 Å². The summed E-state index contributed by atoms with van der Waals surface area (Å²) >= 11 is 0. The molecule has 2 nitrogen and oxygen atoms in total. The average molecular weight is 106 g/mol. The molecule has 0 heterocycles. The molecule has 0 rings (SSSR count). The summed E-state index contributed by atoms with van der Waals surface area (Å²) in [4.78, 5) is 0. The molecule has 6 heavy (non-hydrogen) atoms. The Morgan fingerprint density at radius 1 is 1.83 bits per heavy atom. The van der Waals surface area contributed by atoms with Gasteiger partial charge in [-0.25, -0.2) is 0 Å². The van der Waals surface area contributed by atoms with Crippen molar-refractivity contribution < 1.29 is 4.57 Å². The molecule has 0 bridgehead atoms. The molecule has 0 aliphatic rings. The Hall–Kier alpha value is 0.0600. The molecular weight excluding hydrogens is 97.0 g/mol. The molecule has 1 atom stereocenters. The zero-order valence-corrected chi connectivity index (χ0v) is 4.96. The zero-order valence-electron chi connectivity index (χ0n) is 4.06. The molecule has 0 aromatic heterocycles. The molecule has 0 radical (unpaired) electrons. The molecule has 3 heteroatoms. The van der Waals surface area contributed by atoms with E-state index in [4.69, 9.17) is 0 Å². The first kappa shape index (κ1) is 6.06. The second-order valence-electron chi connectivity index (χ2n) is 1.14. The van der Waals surface area contributed by atoms with Crippen LogP contribution in [0.5, 0.6) is 0 Å². The fourth-order valence-electron chi connectivity index (χ4n) is 0.223. The maximum absolute atomic E-state index is 10.1. The van der Waals surface area contributed by atoms with Gasteiger partial charge in [0.25, 0.3) is 0 Å². The third kappa shape index (κ3) is 4.06. The van der Waals surface area contributed by atoms with Gasteiger partial charge in [0.15, 0.2) is 6.29 Å². The highest BCUT2D eigenvalue weighted by molar-refractivity contribution is 7.43. The van der Waals surface area contributed by atoms with Crippen molar-refractivity contribution in [2.75, 3.05) is 20.0 Å². The summed E-state index contributed by atoms with van der Waals surface area (Å²) in [5.41, 5.74) is 0. The van der Waals surface area contributed by atoms with Crippen LogP contribution in [0.15, 0.2) is 0 Å². The number of hydrogen-bond donors (Lipinski definition) is 1. The predicted molar refractivity (Wildman–Crippen MR) is 27.5 cm³/mol. The summed E-state index contributed by atoms with van der Waals surface area (Å²) in [6.07, 6.45) is 0.634. The van der Waals surface area contributed by atoms with Gasteiger partial charge in [-0.2, -0.15) is 0 Å². The van der Waals surface area contributed by atoms with Crippen LogP contribution in [0.4, 0.5) is 0 Å². The van der Waals surface area contributed by atoms with Crippen LogP contribution in [0.25, 0.3) is 0 Å². The van der Waals surface area contributed by atoms with E-state index in [0.717, 1.165) is 0 Å². The summed E-state index contributed by atoms with van der Waals surface area (Å²) in [6, 6.07) is 0. The molecule has 1 unspecified atom stereocenters. The lowest BCUT2D eigenvalue weighted by Crippen LogP contribution is -2.01. The maximum Gasteiger partial charge on any atom is 0.350 e. The van der Waals surface area contributed by atoms with Crippen LogP contribution < -0.4 is 5.32 Å². The van der Waals surface area contributed by atoms with Gasteiger partial charge in [0.1, 0.15) is 6.66 Å². The second kappa shape index (κ2) is 3.26. The lowest BCUT2D eigenvalue weighted by Gasteiger charge is -1.74.